The van der Waals surface area contributed by atoms with Crippen LogP contribution in [0.4, 0.5) is 0 Å². The van der Waals surface area contributed by atoms with Gasteiger partial charge in [0.05, 0.1) is 0 Å². The maximum atomic E-state index is 5.25. The summed E-state index contributed by atoms with van der Waals surface area (Å²) in [6.07, 6.45) is 5.07. The number of guanidine groups is 1. The molecule has 0 saturated heterocycles. The Morgan fingerprint density at radius 1 is 1.45 bits per heavy atom. The van der Waals surface area contributed by atoms with Crippen molar-refractivity contribution in [3.63, 3.8) is 0 Å². The van der Waals surface area contributed by atoms with E-state index in [-0.39, 0.29) is 0 Å². The van der Waals surface area contributed by atoms with E-state index < -0.39 is 0 Å². The Morgan fingerprint density at radius 3 is 2.82 bits per heavy atom. The first-order chi connectivity index (χ1) is 10.7. The molecule has 2 N–H and O–H groups in total. The van der Waals surface area contributed by atoms with E-state index in [2.05, 4.69) is 39.4 Å². The summed E-state index contributed by atoms with van der Waals surface area (Å²) in [5.41, 5.74) is 1.80. The average molecular weight is 324 g/mol. The van der Waals surface area contributed by atoms with Crippen molar-refractivity contribution in [2.75, 3.05) is 33.9 Å². The molecule has 4 nitrogen and oxygen atoms in total. The molecule has 124 valence electrons. The standard InChI is InChI=1S/C17H29N3OS/c1-14(15-5-10-22-12-15)11-19-16(18-2)20-13-17(6-4-7-17)8-9-21-3/h5,10,12,14H,4,6-9,11,13H2,1-3H3,(H2,18,19,20). The van der Waals surface area contributed by atoms with E-state index in [4.69, 9.17) is 4.74 Å². The van der Waals surface area contributed by atoms with Gasteiger partial charge in [0, 0.05) is 33.9 Å². The summed E-state index contributed by atoms with van der Waals surface area (Å²) in [5.74, 6) is 1.40. The minimum Gasteiger partial charge on any atom is -0.385 e. The van der Waals surface area contributed by atoms with Crippen LogP contribution >= 0.6 is 11.3 Å². The molecule has 0 radical (unpaired) electrons. The molecule has 1 saturated carbocycles. The summed E-state index contributed by atoms with van der Waals surface area (Å²) in [6, 6.07) is 2.20. The van der Waals surface area contributed by atoms with E-state index >= 15 is 0 Å². The monoisotopic (exact) mass is 323 g/mol. The molecular weight excluding hydrogens is 294 g/mol. The first-order valence-electron chi connectivity index (χ1n) is 8.15. The molecule has 1 aromatic rings. The third-order valence-electron chi connectivity index (χ3n) is 4.79. The van der Waals surface area contributed by atoms with Crippen LogP contribution in [0.2, 0.25) is 0 Å². The van der Waals surface area contributed by atoms with Crippen molar-refractivity contribution in [2.24, 2.45) is 10.4 Å². The van der Waals surface area contributed by atoms with Crippen molar-refractivity contribution in [1.29, 1.82) is 0 Å². The number of rotatable bonds is 8. The van der Waals surface area contributed by atoms with Crippen molar-refractivity contribution in [2.45, 2.75) is 38.5 Å². The molecular formula is C17H29N3OS. The van der Waals surface area contributed by atoms with Gasteiger partial charge in [-0.25, -0.2) is 0 Å². The lowest BCUT2D eigenvalue weighted by Gasteiger charge is -2.42. The van der Waals surface area contributed by atoms with Crippen LogP contribution in [-0.4, -0.2) is 39.8 Å². The fraction of sp³-hybridized carbons (Fsp3) is 0.706. The third-order valence-corrected chi connectivity index (χ3v) is 5.49. The largest absolute Gasteiger partial charge is 0.385 e. The fourth-order valence-electron chi connectivity index (χ4n) is 2.93. The van der Waals surface area contributed by atoms with E-state index in [9.17, 15) is 0 Å². The van der Waals surface area contributed by atoms with Gasteiger partial charge in [-0.05, 0) is 53.0 Å². The molecule has 22 heavy (non-hydrogen) atoms. The molecule has 2 rings (SSSR count). The molecule has 1 heterocycles. The SMILES string of the molecule is CN=C(NCC(C)c1ccsc1)NCC1(CCOC)CCC1. The van der Waals surface area contributed by atoms with Gasteiger partial charge in [-0.15, -0.1) is 0 Å². The quantitative estimate of drug-likeness (QED) is 0.570. The number of hydrogen-bond donors (Lipinski definition) is 2. The maximum absolute atomic E-state index is 5.25. The number of ether oxygens (including phenoxy) is 1. The summed E-state index contributed by atoms with van der Waals surface area (Å²) >= 11 is 1.75. The van der Waals surface area contributed by atoms with Crippen LogP contribution in [0, 0.1) is 5.41 Å². The zero-order valence-electron chi connectivity index (χ0n) is 14.0. The lowest BCUT2D eigenvalue weighted by Crippen LogP contribution is -2.47. The zero-order chi connectivity index (χ0) is 15.8. The van der Waals surface area contributed by atoms with Crippen molar-refractivity contribution < 1.29 is 4.74 Å². The van der Waals surface area contributed by atoms with Gasteiger partial charge in [-0.3, -0.25) is 4.99 Å². The Bertz CT molecular complexity index is 454. The Morgan fingerprint density at radius 2 is 2.27 bits per heavy atom. The first kappa shape index (κ1) is 17.3. The molecule has 0 bridgehead atoms. The van der Waals surface area contributed by atoms with E-state index in [1.54, 1.807) is 18.4 Å². The Labute approximate surface area is 138 Å². The third kappa shape index (κ3) is 4.71. The minimum atomic E-state index is 0.409. The number of nitrogens with zero attached hydrogens (tertiary/aromatic N) is 1. The summed E-state index contributed by atoms with van der Waals surface area (Å²) in [5, 5.41) is 11.3. The summed E-state index contributed by atoms with van der Waals surface area (Å²) in [6.45, 7) is 4.99. The van der Waals surface area contributed by atoms with Crippen molar-refractivity contribution in [3.05, 3.63) is 22.4 Å². The highest BCUT2D eigenvalue weighted by molar-refractivity contribution is 7.07. The van der Waals surface area contributed by atoms with Gasteiger partial charge in [-0.2, -0.15) is 11.3 Å². The molecule has 5 heteroatoms. The number of thiophene rings is 1. The lowest BCUT2D eigenvalue weighted by molar-refractivity contribution is 0.0732. The van der Waals surface area contributed by atoms with Gasteiger partial charge in [0.15, 0.2) is 5.96 Å². The van der Waals surface area contributed by atoms with E-state index in [1.165, 1.54) is 24.8 Å². The molecule has 0 amide bonds. The molecule has 0 spiro atoms. The highest BCUT2D eigenvalue weighted by atomic mass is 32.1. The number of hydrogen-bond acceptors (Lipinski definition) is 3. The highest BCUT2D eigenvalue weighted by Crippen LogP contribution is 2.43. The minimum absolute atomic E-state index is 0.409. The molecule has 1 aromatic heterocycles. The summed E-state index contributed by atoms with van der Waals surface area (Å²) in [4.78, 5) is 4.35. The molecule has 1 aliphatic carbocycles. The van der Waals surface area contributed by atoms with Gasteiger partial charge in [0.1, 0.15) is 0 Å². The van der Waals surface area contributed by atoms with Crippen molar-refractivity contribution in [3.8, 4) is 0 Å². The van der Waals surface area contributed by atoms with Crippen molar-refractivity contribution in [1.82, 2.24) is 10.6 Å². The second kappa shape index (κ2) is 8.53. The zero-order valence-corrected chi connectivity index (χ0v) is 14.8. The normalized spacial score (nSPS) is 18.6. The number of aliphatic imine (C=N–C) groups is 1. The lowest BCUT2D eigenvalue weighted by atomic mass is 9.67. The smallest absolute Gasteiger partial charge is 0.191 e. The van der Waals surface area contributed by atoms with Crippen LogP contribution in [0.15, 0.2) is 21.8 Å². The van der Waals surface area contributed by atoms with Crippen LogP contribution < -0.4 is 10.6 Å². The highest BCUT2D eigenvalue weighted by Gasteiger charge is 2.36. The molecule has 1 unspecified atom stereocenters. The molecule has 1 aliphatic rings. The summed E-state index contributed by atoms with van der Waals surface area (Å²) in [7, 11) is 3.62. The van der Waals surface area contributed by atoms with E-state index in [0.29, 0.717) is 11.3 Å². The van der Waals surface area contributed by atoms with Gasteiger partial charge >= 0.3 is 0 Å². The summed E-state index contributed by atoms with van der Waals surface area (Å²) < 4.78 is 5.25. The molecule has 1 fully saturated rings. The predicted molar refractivity (Wildman–Crippen MR) is 94.9 cm³/mol. The van der Waals surface area contributed by atoms with Crippen LogP contribution in [0.25, 0.3) is 0 Å². The van der Waals surface area contributed by atoms with E-state index in [1.807, 2.05) is 7.05 Å². The first-order valence-corrected chi connectivity index (χ1v) is 9.09. The van der Waals surface area contributed by atoms with Gasteiger partial charge in [-0.1, -0.05) is 13.3 Å². The number of methoxy groups -OCH3 is 1. The predicted octanol–water partition coefficient (Wildman–Crippen LogP) is 3.22. The van der Waals surface area contributed by atoms with Gasteiger partial charge < -0.3 is 15.4 Å². The number of nitrogens with one attached hydrogen (secondary N) is 2. The van der Waals surface area contributed by atoms with Crippen LogP contribution in [-0.2, 0) is 4.74 Å². The topological polar surface area (TPSA) is 45.7 Å². The molecule has 1 atom stereocenters. The average Bonchev–Trinajstić information content (AvgIpc) is 3.02. The second-order valence-corrected chi connectivity index (χ2v) is 7.14. The van der Waals surface area contributed by atoms with Crippen LogP contribution in [0.3, 0.4) is 0 Å². The van der Waals surface area contributed by atoms with Crippen molar-refractivity contribution >= 4 is 17.3 Å². The van der Waals surface area contributed by atoms with Crippen LogP contribution in [0.1, 0.15) is 44.1 Å². The van der Waals surface area contributed by atoms with Crippen LogP contribution in [0.5, 0.6) is 0 Å². The van der Waals surface area contributed by atoms with Gasteiger partial charge in [0.2, 0.25) is 0 Å². The molecule has 0 aliphatic heterocycles. The Hall–Kier alpha value is -1.07. The Balaban J connectivity index is 1.75. The maximum Gasteiger partial charge on any atom is 0.191 e. The van der Waals surface area contributed by atoms with E-state index in [0.717, 1.165) is 32.1 Å². The fourth-order valence-corrected chi connectivity index (χ4v) is 3.71. The Kier molecular flexibility index (Phi) is 6.70. The molecule has 0 aromatic carbocycles. The van der Waals surface area contributed by atoms with Gasteiger partial charge in [0.25, 0.3) is 0 Å². The second-order valence-electron chi connectivity index (χ2n) is 6.36.